The van der Waals surface area contributed by atoms with Crippen LogP contribution in [-0.4, -0.2) is 0 Å². The molecule has 0 bridgehead atoms. The van der Waals surface area contributed by atoms with E-state index in [1.54, 1.807) is 0 Å². The van der Waals surface area contributed by atoms with Crippen LogP contribution in [0, 0.1) is 13.8 Å². The molecule has 5 aromatic carbocycles. The minimum atomic E-state index is -1.64. The zero-order valence-corrected chi connectivity index (χ0v) is 20.8. The third-order valence-corrected chi connectivity index (χ3v) is 11.0. The van der Waals surface area contributed by atoms with Gasteiger partial charge in [-0.05, 0) is 79.1 Å². The van der Waals surface area contributed by atoms with Crippen molar-refractivity contribution in [2.75, 3.05) is 0 Å². The van der Waals surface area contributed by atoms with E-state index in [9.17, 15) is 0 Å². The fourth-order valence-corrected chi connectivity index (χ4v) is 9.45. The molecular weight excluding hydrogens is 452 g/mol. The number of aryl methyl sites for hydroxylation is 2. The quantitative estimate of drug-likeness (QED) is 0.238. The lowest BCUT2D eigenvalue weighted by molar-refractivity contribution is 1.26. The number of hydrogen-bond acceptors (Lipinski definition) is 0. The van der Waals surface area contributed by atoms with E-state index in [0.717, 1.165) is 5.02 Å². The predicted molar refractivity (Wildman–Crippen MR) is 145 cm³/mol. The van der Waals surface area contributed by atoms with E-state index in [0.29, 0.717) is 0 Å². The number of halogens is 1. The summed E-state index contributed by atoms with van der Waals surface area (Å²) < 4.78 is 0. The molecule has 0 atom stereocenters. The Labute approximate surface area is 208 Å². The molecule has 0 unspecified atom stereocenters. The smallest absolute Gasteiger partial charge is 0.0406 e. The third-order valence-electron chi connectivity index (χ3n) is 6.75. The maximum absolute atomic E-state index is 6.23. The van der Waals surface area contributed by atoms with Crippen molar-refractivity contribution in [2.45, 2.75) is 33.4 Å². The Balaban J connectivity index is 1.75. The fourth-order valence-electron chi connectivity index (χ4n) is 5.12. The molecule has 0 amide bonds. The van der Waals surface area contributed by atoms with E-state index in [1.807, 2.05) is 12.1 Å². The van der Waals surface area contributed by atoms with Crippen LogP contribution in [-0.2, 0) is 0 Å². The third kappa shape index (κ3) is 3.15. The highest BCUT2D eigenvalue weighted by molar-refractivity contribution is 8.34. The van der Waals surface area contributed by atoms with Gasteiger partial charge in [-0.25, -0.2) is 0 Å². The van der Waals surface area contributed by atoms with Crippen LogP contribution >= 0.6 is 21.6 Å². The van der Waals surface area contributed by atoms with Crippen molar-refractivity contribution < 1.29 is 0 Å². The van der Waals surface area contributed by atoms with Crippen LogP contribution in [0.1, 0.15) is 11.1 Å². The number of hydrogen-bond donors (Lipinski definition) is 0. The molecule has 0 aromatic heterocycles. The first-order chi connectivity index (χ1) is 16.6. The topological polar surface area (TPSA) is 0 Å². The zero-order chi connectivity index (χ0) is 23.3. The Morgan fingerprint density at radius 2 is 1.03 bits per heavy atom. The number of rotatable bonds is 3. The van der Waals surface area contributed by atoms with Gasteiger partial charge in [0.25, 0.3) is 0 Å². The minimum Gasteiger partial charge on any atom is -0.132 e. The van der Waals surface area contributed by atoms with E-state index >= 15 is 0 Å². The Kier molecular flexibility index (Phi) is 5.13. The van der Waals surface area contributed by atoms with Crippen molar-refractivity contribution in [3.05, 3.63) is 131 Å². The molecular formula is C32H25ClS. The predicted octanol–water partition coefficient (Wildman–Crippen LogP) is 9.95. The molecule has 1 heterocycles. The van der Waals surface area contributed by atoms with Gasteiger partial charge in [0.05, 0.1) is 0 Å². The minimum absolute atomic E-state index is 0.760. The highest BCUT2D eigenvalue weighted by atomic mass is 35.5. The van der Waals surface area contributed by atoms with Crippen LogP contribution in [0.4, 0.5) is 0 Å². The van der Waals surface area contributed by atoms with E-state index < -0.39 is 10.0 Å². The van der Waals surface area contributed by atoms with Gasteiger partial charge in [-0.1, -0.05) is 89.5 Å². The summed E-state index contributed by atoms with van der Waals surface area (Å²) in [6, 6.07) is 42.4. The molecule has 5 aromatic rings. The molecule has 0 aliphatic carbocycles. The molecule has 0 N–H and O–H groups in total. The van der Waals surface area contributed by atoms with Gasteiger partial charge in [-0.2, -0.15) is 0 Å². The monoisotopic (exact) mass is 476 g/mol. The van der Waals surface area contributed by atoms with Gasteiger partial charge in [0, 0.05) is 30.2 Å². The van der Waals surface area contributed by atoms with Crippen molar-refractivity contribution in [2.24, 2.45) is 0 Å². The lowest BCUT2D eigenvalue weighted by atomic mass is 9.95. The van der Waals surface area contributed by atoms with Gasteiger partial charge in [0.15, 0.2) is 0 Å². The van der Waals surface area contributed by atoms with Gasteiger partial charge in [0.1, 0.15) is 0 Å². The van der Waals surface area contributed by atoms with Crippen molar-refractivity contribution >= 4 is 21.6 Å². The van der Waals surface area contributed by atoms with Crippen molar-refractivity contribution in [1.29, 1.82) is 0 Å². The molecule has 6 rings (SSSR count). The summed E-state index contributed by atoms with van der Waals surface area (Å²) in [6.07, 6.45) is 0. The summed E-state index contributed by atoms with van der Waals surface area (Å²) in [4.78, 5) is 5.58. The first-order valence-corrected chi connectivity index (χ1v) is 13.6. The summed E-state index contributed by atoms with van der Waals surface area (Å²) in [6.45, 7) is 4.32. The Hall–Kier alpha value is -3.26. The summed E-state index contributed by atoms with van der Waals surface area (Å²) in [5.74, 6) is 0. The Morgan fingerprint density at radius 1 is 0.500 bits per heavy atom. The van der Waals surface area contributed by atoms with Gasteiger partial charge >= 0.3 is 0 Å². The summed E-state index contributed by atoms with van der Waals surface area (Å²) >= 11 is 6.23. The van der Waals surface area contributed by atoms with Crippen LogP contribution in [0.25, 0.3) is 22.3 Å². The second-order valence-corrected chi connectivity index (χ2v) is 12.4. The largest absolute Gasteiger partial charge is 0.132 e. The lowest BCUT2D eigenvalue weighted by Gasteiger charge is -2.39. The fraction of sp³-hybridized carbons (Fsp3) is 0.0625. The highest BCUT2D eigenvalue weighted by Crippen LogP contribution is 2.80. The van der Waals surface area contributed by atoms with Crippen molar-refractivity contribution in [1.82, 2.24) is 0 Å². The van der Waals surface area contributed by atoms with Gasteiger partial charge in [-0.15, -0.1) is 10.0 Å². The maximum atomic E-state index is 6.23. The van der Waals surface area contributed by atoms with Gasteiger partial charge < -0.3 is 0 Å². The van der Waals surface area contributed by atoms with E-state index in [2.05, 4.69) is 117 Å². The first kappa shape index (κ1) is 21.3. The molecule has 0 saturated carbocycles. The first-order valence-electron chi connectivity index (χ1n) is 11.5. The average molecular weight is 477 g/mol. The van der Waals surface area contributed by atoms with Gasteiger partial charge in [-0.3, -0.25) is 0 Å². The standard InChI is InChI=1S/C32H25ClS/c1-22-10-18-26(19-11-22)34(27-20-12-23(2)13-21-27)30-8-4-3-6-29(30)32-28(7-5-9-31(32)34)24-14-16-25(33)17-15-24/h3-21H,1-2H3. The Morgan fingerprint density at radius 3 is 1.65 bits per heavy atom. The van der Waals surface area contributed by atoms with Crippen molar-refractivity contribution in [3.8, 4) is 22.3 Å². The molecule has 2 heteroatoms. The zero-order valence-electron chi connectivity index (χ0n) is 19.3. The van der Waals surface area contributed by atoms with E-state index in [-0.39, 0.29) is 0 Å². The number of benzene rings is 5. The molecule has 166 valence electrons. The summed E-state index contributed by atoms with van der Waals surface area (Å²) in [5.41, 5.74) is 7.69. The van der Waals surface area contributed by atoms with Crippen LogP contribution in [0.3, 0.4) is 0 Å². The lowest BCUT2D eigenvalue weighted by Crippen LogP contribution is -2.02. The highest BCUT2D eigenvalue weighted by Gasteiger charge is 2.42. The van der Waals surface area contributed by atoms with Crippen LogP contribution in [0.5, 0.6) is 0 Å². The van der Waals surface area contributed by atoms with E-state index in [4.69, 9.17) is 11.6 Å². The summed E-state index contributed by atoms with van der Waals surface area (Å²) in [5, 5.41) is 0.760. The SMILES string of the molecule is Cc1ccc(S2(c3ccc(C)cc3)c3ccccc3-c3c(-c4ccc(Cl)cc4)cccc32)cc1. The second kappa shape index (κ2) is 8.20. The average Bonchev–Trinajstić information content (AvgIpc) is 3.17. The van der Waals surface area contributed by atoms with E-state index in [1.165, 1.54) is 53.0 Å². The second-order valence-electron chi connectivity index (χ2n) is 8.92. The van der Waals surface area contributed by atoms with Gasteiger partial charge in [0.2, 0.25) is 0 Å². The normalized spacial score (nSPS) is 14.3. The molecule has 0 nitrogen and oxygen atoms in total. The van der Waals surface area contributed by atoms with Crippen LogP contribution in [0.15, 0.2) is 135 Å². The molecule has 1 aliphatic rings. The number of fused-ring (bicyclic) bond motifs is 3. The maximum Gasteiger partial charge on any atom is 0.0406 e. The molecule has 34 heavy (non-hydrogen) atoms. The molecule has 0 radical (unpaired) electrons. The molecule has 0 saturated heterocycles. The Bertz CT molecular complexity index is 1450. The molecule has 0 spiro atoms. The van der Waals surface area contributed by atoms with Crippen LogP contribution < -0.4 is 0 Å². The molecule has 1 aliphatic heterocycles. The summed E-state index contributed by atoms with van der Waals surface area (Å²) in [7, 11) is -1.64. The van der Waals surface area contributed by atoms with Crippen LogP contribution in [0.2, 0.25) is 5.02 Å². The molecule has 0 fully saturated rings. The van der Waals surface area contributed by atoms with Crippen molar-refractivity contribution in [3.63, 3.8) is 0 Å².